The summed E-state index contributed by atoms with van der Waals surface area (Å²) in [4.78, 5) is 27.8. The van der Waals surface area contributed by atoms with Crippen molar-refractivity contribution < 1.29 is 14.3 Å². The molecule has 0 fully saturated rings. The first-order valence-electron chi connectivity index (χ1n) is 7.99. The number of nitrogens with one attached hydrogen (secondary N) is 1. The Morgan fingerprint density at radius 3 is 2.52 bits per heavy atom. The molecule has 0 aliphatic rings. The monoisotopic (exact) mass is 336 g/mol. The zero-order valence-corrected chi connectivity index (χ0v) is 14.8. The van der Waals surface area contributed by atoms with Crippen molar-refractivity contribution in [1.82, 2.24) is 4.98 Å². The first kappa shape index (κ1) is 18.2. The second kappa shape index (κ2) is 7.63. The van der Waals surface area contributed by atoms with Gasteiger partial charge in [-0.2, -0.15) is 5.26 Å². The summed E-state index contributed by atoms with van der Waals surface area (Å²) in [7, 11) is 0. The molecule has 0 spiro atoms. The summed E-state index contributed by atoms with van der Waals surface area (Å²) in [6.45, 7) is 7.26. The van der Waals surface area contributed by atoms with Gasteiger partial charge in [-0.25, -0.2) is 4.79 Å². The lowest BCUT2D eigenvalue weighted by molar-refractivity contribution is 0.0525. The molecule has 2 aromatic rings. The number of aryl methyl sites for hydroxylation is 2. The maximum Gasteiger partial charge on any atom is 0.340 e. The standard InChI is InChI=1S/C20H20N2O3/c1-5-25-20(24)17-13(3)18(22-14(17)4)19(23)16(11-21)10-15-9-7-6-8-12(15)2/h6-10,22H,5H2,1-4H3/b16-10+. The molecule has 0 saturated heterocycles. The molecule has 0 saturated carbocycles. The number of esters is 1. The fourth-order valence-corrected chi connectivity index (χ4v) is 2.67. The fraction of sp³-hybridized carbons (Fsp3) is 0.250. The predicted molar refractivity (Wildman–Crippen MR) is 95.3 cm³/mol. The van der Waals surface area contributed by atoms with Gasteiger partial charge in [-0.15, -0.1) is 0 Å². The number of benzene rings is 1. The van der Waals surface area contributed by atoms with E-state index in [0.717, 1.165) is 11.1 Å². The van der Waals surface area contributed by atoms with E-state index in [9.17, 15) is 14.9 Å². The van der Waals surface area contributed by atoms with Crippen molar-refractivity contribution in [2.75, 3.05) is 6.61 Å². The Balaban J connectivity index is 2.46. The molecule has 0 aliphatic heterocycles. The minimum absolute atomic E-state index is 0.00839. The summed E-state index contributed by atoms with van der Waals surface area (Å²) in [6, 6.07) is 9.46. The number of aromatic amines is 1. The SMILES string of the molecule is CCOC(=O)c1c(C)[nH]c(C(=O)/C(C#N)=C/c2ccccc2C)c1C. The highest BCUT2D eigenvalue weighted by molar-refractivity contribution is 6.15. The van der Waals surface area contributed by atoms with E-state index in [1.165, 1.54) is 0 Å². The van der Waals surface area contributed by atoms with Gasteiger partial charge in [-0.3, -0.25) is 4.79 Å². The zero-order valence-electron chi connectivity index (χ0n) is 14.8. The number of nitrogens with zero attached hydrogens (tertiary/aromatic N) is 1. The number of carbonyl (C=O) groups excluding carboxylic acids is 2. The van der Waals surface area contributed by atoms with Crippen LogP contribution in [-0.2, 0) is 4.74 Å². The molecule has 1 heterocycles. The lowest BCUT2D eigenvalue weighted by Gasteiger charge is -2.03. The van der Waals surface area contributed by atoms with Gasteiger partial charge in [0.2, 0.25) is 5.78 Å². The molecule has 25 heavy (non-hydrogen) atoms. The van der Waals surface area contributed by atoms with E-state index in [-0.39, 0.29) is 17.9 Å². The second-order valence-electron chi connectivity index (χ2n) is 5.70. The number of ether oxygens (including phenoxy) is 1. The number of allylic oxidation sites excluding steroid dienone is 1. The van der Waals surface area contributed by atoms with E-state index in [1.807, 2.05) is 37.3 Å². The zero-order chi connectivity index (χ0) is 18.6. The lowest BCUT2D eigenvalue weighted by Crippen LogP contribution is -2.08. The number of rotatable bonds is 5. The quantitative estimate of drug-likeness (QED) is 0.388. The van der Waals surface area contributed by atoms with Crippen LogP contribution in [0.25, 0.3) is 6.08 Å². The summed E-state index contributed by atoms with van der Waals surface area (Å²) >= 11 is 0. The molecule has 128 valence electrons. The fourth-order valence-electron chi connectivity index (χ4n) is 2.67. The third kappa shape index (κ3) is 3.69. The molecular formula is C20H20N2O3. The van der Waals surface area contributed by atoms with Crippen LogP contribution in [0.2, 0.25) is 0 Å². The molecule has 0 unspecified atom stereocenters. The van der Waals surface area contributed by atoms with Crippen LogP contribution in [0.4, 0.5) is 0 Å². The maximum absolute atomic E-state index is 12.8. The van der Waals surface area contributed by atoms with Crippen LogP contribution >= 0.6 is 0 Å². The van der Waals surface area contributed by atoms with Crippen LogP contribution in [0.5, 0.6) is 0 Å². The number of H-pyrrole nitrogens is 1. The smallest absolute Gasteiger partial charge is 0.340 e. The number of ketones is 1. The number of carbonyl (C=O) groups is 2. The van der Waals surface area contributed by atoms with Crippen molar-refractivity contribution in [2.45, 2.75) is 27.7 Å². The van der Waals surface area contributed by atoms with Gasteiger partial charge in [0, 0.05) is 5.69 Å². The number of nitriles is 1. The molecule has 1 aromatic carbocycles. The molecule has 1 N–H and O–H groups in total. The normalized spacial score (nSPS) is 11.1. The first-order chi connectivity index (χ1) is 11.9. The van der Waals surface area contributed by atoms with E-state index in [1.54, 1.807) is 26.8 Å². The second-order valence-corrected chi connectivity index (χ2v) is 5.70. The van der Waals surface area contributed by atoms with Crippen LogP contribution < -0.4 is 0 Å². The van der Waals surface area contributed by atoms with Crippen LogP contribution in [0.15, 0.2) is 29.8 Å². The summed E-state index contributed by atoms with van der Waals surface area (Å²) in [5.41, 5.74) is 3.40. The number of hydrogen-bond donors (Lipinski definition) is 1. The van der Waals surface area contributed by atoms with E-state index < -0.39 is 11.8 Å². The van der Waals surface area contributed by atoms with Crippen LogP contribution in [-0.4, -0.2) is 23.3 Å². The summed E-state index contributed by atoms with van der Waals surface area (Å²) in [5, 5.41) is 9.43. The first-order valence-corrected chi connectivity index (χ1v) is 7.99. The number of hydrogen-bond acceptors (Lipinski definition) is 4. The minimum Gasteiger partial charge on any atom is -0.462 e. The third-order valence-corrected chi connectivity index (χ3v) is 4.00. The average Bonchev–Trinajstić information content (AvgIpc) is 2.88. The molecule has 0 amide bonds. The van der Waals surface area contributed by atoms with Crippen LogP contribution in [0.3, 0.4) is 0 Å². The van der Waals surface area contributed by atoms with Gasteiger partial charge < -0.3 is 9.72 Å². The Morgan fingerprint density at radius 2 is 1.92 bits per heavy atom. The van der Waals surface area contributed by atoms with Gasteiger partial charge in [-0.05, 0) is 50.5 Å². The van der Waals surface area contributed by atoms with E-state index >= 15 is 0 Å². The minimum atomic E-state index is -0.478. The van der Waals surface area contributed by atoms with Crippen molar-refractivity contribution in [2.24, 2.45) is 0 Å². The molecule has 0 aliphatic carbocycles. The van der Waals surface area contributed by atoms with E-state index in [2.05, 4.69) is 4.98 Å². The van der Waals surface area contributed by atoms with Gasteiger partial charge in [0.25, 0.3) is 0 Å². The summed E-state index contributed by atoms with van der Waals surface area (Å²) in [5.74, 6) is -0.920. The number of aromatic nitrogens is 1. The topological polar surface area (TPSA) is 83.0 Å². The number of Topliss-reactive ketones (excluding diaryl/α,β-unsaturated/α-hetero) is 1. The van der Waals surface area contributed by atoms with Gasteiger partial charge >= 0.3 is 5.97 Å². The molecule has 0 atom stereocenters. The van der Waals surface area contributed by atoms with E-state index in [4.69, 9.17) is 4.74 Å². The molecule has 0 bridgehead atoms. The molecular weight excluding hydrogens is 316 g/mol. The highest BCUT2D eigenvalue weighted by atomic mass is 16.5. The molecule has 5 nitrogen and oxygen atoms in total. The Labute approximate surface area is 146 Å². The van der Waals surface area contributed by atoms with Crippen molar-refractivity contribution in [3.8, 4) is 6.07 Å². The average molecular weight is 336 g/mol. The lowest BCUT2D eigenvalue weighted by atomic mass is 10.0. The Morgan fingerprint density at radius 1 is 1.24 bits per heavy atom. The Bertz CT molecular complexity index is 898. The van der Waals surface area contributed by atoms with Crippen LogP contribution in [0.1, 0.15) is 50.2 Å². The van der Waals surface area contributed by atoms with Crippen LogP contribution in [0, 0.1) is 32.1 Å². The maximum atomic E-state index is 12.8. The van der Waals surface area contributed by atoms with Gasteiger partial charge in [0.15, 0.2) is 0 Å². The molecule has 1 aromatic heterocycles. The Kier molecular flexibility index (Phi) is 5.56. The predicted octanol–water partition coefficient (Wildman–Crippen LogP) is 3.91. The Hall–Kier alpha value is -3.13. The summed E-state index contributed by atoms with van der Waals surface area (Å²) in [6.07, 6.45) is 1.57. The summed E-state index contributed by atoms with van der Waals surface area (Å²) < 4.78 is 5.03. The van der Waals surface area contributed by atoms with E-state index in [0.29, 0.717) is 16.8 Å². The van der Waals surface area contributed by atoms with Crippen molar-refractivity contribution >= 4 is 17.8 Å². The molecule has 0 radical (unpaired) electrons. The van der Waals surface area contributed by atoms with Crippen molar-refractivity contribution in [3.05, 3.63) is 63.5 Å². The molecule has 5 heteroatoms. The third-order valence-electron chi connectivity index (χ3n) is 4.00. The van der Waals surface area contributed by atoms with Gasteiger partial charge in [-0.1, -0.05) is 24.3 Å². The molecule has 2 rings (SSSR count). The highest BCUT2D eigenvalue weighted by Crippen LogP contribution is 2.22. The van der Waals surface area contributed by atoms with Gasteiger partial charge in [0.05, 0.1) is 17.9 Å². The highest BCUT2D eigenvalue weighted by Gasteiger charge is 2.24. The van der Waals surface area contributed by atoms with Crippen molar-refractivity contribution in [3.63, 3.8) is 0 Å². The largest absolute Gasteiger partial charge is 0.462 e. The van der Waals surface area contributed by atoms with Gasteiger partial charge in [0.1, 0.15) is 11.6 Å². The van der Waals surface area contributed by atoms with Crippen molar-refractivity contribution in [1.29, 1.82) is 5.26 Å².